The number of benzene rings is 3. The van der Waals surface area contributed by atoms with Crippen LogP contribution in [0.3, 0.4) is 0 Å². The molecule has 0 aliphatic heterocycles. The third-order valence-corrected chi connectivity index (χ3v) is 6.70. The van der Waals surface area contributed by atoms with Gasteiger partial charge in [0.2, 0.25) is 5.91 Å². The topological polar surface area (TPSA) is 58.6 Å². The van der Waals surface area contributed by atoms with Crippen molar-refractivity contribution in [3.63, 3.8) is 0 Å². The fraction of sp³-hybridized carbons (Fsp3) is 0.310. The molecule has 190 valence electrons. The number of carbonyl (C=O) groups is 2. The van der Waals surface area contributed by atoms with Gasteiger partial charge in [-0.3, -0.25) is 9.59 Å². The summed E-state index contributed by atoms with van der Waals surface area (Å²) in [4.78, 5) is 28.7. The van der Waals surface area contributed by atoms with Crippen molar-refractivity contribution >= 4 is 35.0 Å². The standard InChI is InChI=1S/C29H32Cl2N2O3/c1-4-21(3)32-29(35)27(17-22-10-6-5-7-11-22)33(18-23-13-14-25(30)26(31)16-23)28(34)19-36-24-12-8-9-20(2)15-24/h5-16,21,27H,4,17-19H2,1-3H3,(H,32,35)/t21-,27-/m1/s1. The molecule has 7 heteroatoms. The lowest BCUT2D eigenvalue weighted by atomic mass is 10.0. The van der Waals surface area contributed by atoms with E-state index in [-0.39, 0.29) is 31.0 Å². The summed E-state index contributed by atoms with van der Waals surface area (Å²) >= 11 is 12.4. The van der Waals surface area contributed by atoms with Crippen LogP contribution in [0.5, 0.6) is 5.75 Å². The van der Waals surface area contributed by atoms with E-state index in [2.05, 4.69) is 5.32 Å². The van der Waals surface area contributed by atoms with E-state index in [9.17, 15) is 9.59 Å². The maximum atomic E-state index is 13.6. The van der Waals surface area contributed by atoms with Gasteiger partial charge in [0.05, 0.1) is 10.0 Å². The molecule has 0 saturated heterocycles. The molecule has 3 aromatic carbocycles. The molecule has 5 nitrogen and oxygen atoms in total. The molecule has 0 radical (unpaired) electrons. The zero-order valence-electron chi connectivity index (χ0n) is 20.8. The molecule has 0 heterocycles. The number of halogens is 2. The third kappa shape index (κ3) is 8.00. The lowest BCUT2D eigenvalue weighted by molar-refractivity contribution is -0.143. The summed E-state index contributed by atoms with van der Waals surface area (Å²) in [5, 5.41) is 3.87. The second-order valence-corrected chi connectivity index (χ2v) is 9.71. The number of ether oxygens (including phenoxy) is 1. The van der Waals surface area contributed by atoms with Crippen molar-refractivity contribution in [1.82, 2.24) is 10.2 Å². The van der Waals surface area contributed by atoms with Crippen molar-refractivity contribution in [3.8, 4) is 5.75 Å². The number of nitrogens with zero attached hydrogens (tertiary/aromatic N) is 1. The Morgan fingerprint density at radius 3 is 2.36 bits per heavy atom. The first kappa shape index (κ1) is 27.6. The maximum absolute atomic E-state index is 13.6. The van der Waals surface area contributed by atoms with Crippen molar-refractivity contribution in [2.24, 2.45) is 0 Å². The normalized spacial score (nSPS) is 12.5. The molecule has 0 unspecified atom stereocenters. The molecular weight excluding hydrogens is 495 g/mol. The monoisotopic (exact) mass is 526 g/mol. The second kappa shape index (κ2) is 13.3. The van der Waals surface area contributed by atoms with Gasteiger partial charge in [0.15, 0.2) is 6.61 Å². The fourth-order valence-corrected chi connectivity index (χ4v) is 4.08. The van der Waals surface area contributed by atoms with Crippen LogP contribution in [-0.4, -0.2) is 35.4 Å². The van der Waals surface area contributed by atoms with Gasteiger partial charge in [0, 0.05) is 19.0 Å². The summed E-state index contributed by atoms with van der Waals surface area (Å²) in [6.45, 7) is 5.89. The predicted octanol–water partition coefficient (Wildman–Crippen LogP) is 6.24. The number of nitrogens with one attached hydrogen (secondary N) is 1. The van der Waals surface area contributed by atoms with Crippen molar-refractivity contribution in [2.75, 3.05) is 6.61 Å². The predicted molar refractivity (Wildman–Crippen MR) is 146 cm³/mol. The van der Waals surface area contributed by atoms with E-state index in [1.165, 1.54) is 0 Å². The highest BCUT2D eigenvalue weighted by atomic mass is 35.5. The van der Waals surface area contributed by atoms with E-state index in [0.29, 0.717) is 22.2 Å². The van der Waals surface area contributed by atoms with Crippen LogP contribution in [0.2, 0.25) is 10.0 Å². The summed E-state index contributed by atoms with van der Waals surface area (Å²) in [6.07, 6.45) is 1.14. The van der Waals surface area contributed by atoms with Crippen LogP contribution in [0.25, 0.3) is 0 Å². The number of hydrogen-bond acceptors (Lipinski definition) is 3. The van der Waals surface area contributed by atoms with Gasteiger partial charge in [-0.05, 0) is 61.2 Å². The first-order chi connectivity index (χ1) is 17.3. The molecule has 3 aromatic rings. The molecule has 2 amide bonds. The molecule has 0 fully saturated rings. The van der Waals surface area contributed by atoms with Gasteiger partial charge in [-0.25, -0.2) is 0 Å². The Kier molecular flexibility index (Phi) is 10.2. The Bertz CT molecular complexity index is 1170. The number of hydrogen-bond donors (Lipinski definition) is 1. The van der Waals surface area contributed by atoms with Crippen LogP contribution >= 0.6 is 23.2 Å². The molecule has 0 bridgehead atoms. The summed E-state index contributed by atoms with van der Waals surface area (Å²) in [5.74, 6) is 0.0847. The Morgan fingerprint density at radius 2 is 1.69 bits per heavy atom. The Hall–Kier alpha value is -3.02. The third-order valence-electron chi connectivity index (χ3n) is 5.96. The minimum Gasteiger partial charge on any atom is -0.484 e. The van der Waals surface area contributed by atoms with Gasteiger partial charge < -0.3 is 15.0 Å². The molecule has 36 heavy (non-hydrogen) atoms. The van der Waals surface area contributed by atoms with E-state index in [0.717, 1.165) is 23.1 Å². The second-order valence-electron chi connectivity index (χ2n) is 8.90. The Morgan fingerprint density at radius 1 is 0.944 bits per heavy atom. The molecule has 3 rings (SSSR count). The molecule has 0 spiro atoms. The van der Waals surface area contributed by atoms with Gasteiger partial charge in [0.1, 0.15) is 11.8 Å². The summed E-state index contributed by atoms with van der Waals surface area (Å²) in [7, 11) is 0. The van der Waals surface area contributed by atoms with Crippen LogP contribution in [0.1, 0.15) is 37.0 Å². The molecule has 0 aliphatic rings. The molecule has 0 aromatic heterocycles. The van der Waals surface area contributed by atoms with Crippen LogP contribution in [0, 0.1) is 6.92 Å². The lowest BCUT2D eigenvalue weighted by Crippen LogP contribution is -2.53. The van der Waals surface area contributed by atoms with E-state index < -0.39 is 6.04 Å². The average Bonchev–Trinajstić information content (AvgIpc) is 2.87. The van der Waals surface area contributed by atoms with Gasteiger partial charge in [-0.2, -0.15) is 0 Å². The summed E-state index contributed by atoms with van der Waals surface area (Å²) in [5.41, 5.74) is 2.75. The highest BCUT2D eigenvalue weighted by Crippen LogP contribution is 2.24. The first-order valence-electron chi connectivity index (χ1n) is 12.0. The summed E-state index contributed by atoms with van der Waals surface area (Å²) < 4.78 is 5.82. The fourth-order valence-electron chi connectivity index (χ4n) is 3.76. The number of amides is 2. The molecule has 2 atom stereocenters. The number of aryl methyl sites for hydroxylation is 1. The van der Waals surface area contributed by atoms with Crippen molar-refractivity contribution in [3.05, 3.63) is 99.5 Å². The molecule has 0 saturated carbocycles. The lowest BCUT2D eigenvalue weighted by Gasteiger charge is -2.32. The van der Waals surface area contributed by atoms with Gasteiger partial charge >= 0.3 is 0 Å². The zero-order valence-corrected chi connectivity index (χ0v) is 22.4. The van der Waals surface area contributed by atoms with Crippen LogP contribution in [0.15, 0.2) is 72.8 Å². The van der Waals surface area contributed by atoms with Gasteiger partial charge in [0.25, 0.3) is 5.91 Å². The van der Waals surface area contributed by atoms with E-state index >= 15 is 0 Å². The highest BCUT2D eigenvalue weighted by Gasteiger charge is 2.31. The SMILES string of the molecule is CC[C@@H](C)NC(=O)[C@@H](Cc1ccccc1)N(Cc1ccc(Cl)c(Cl)c1)C(=O)COc1cccc(C)c1. The smallest absolute Gasteiger partial charge is 0.261 e. The highest BCUT2D eigenvalue weighted by molar-refractivity contribution is 6.42. The van der Waals surface area contributed by atoms with Crippen molar-refractivity contribution in [2.45, 2.75) is 52.2 Å². The number of rotatable bonds is 11. The number of carbonyl (C=O) groups excluding carboxylic acids is 2. The quantitative estimate of drug-likeness (QED) is 0.322. The van der Waals surface area contributed by atoms with E-state index in [4.69, 9.17) is 27.9 Å². The minimum absolute atomic E-state index is 0.0266. The molecule has 1 N–H and O–H groups in total. The Balaban J connectivity index is 1.93. The summed E-state index contributed by atoms with van der Waals surface area (Å²) in [6, 6.07) is 21.6. The van der Waals surface area contributed by atoms with Crippen LogP contribution < -0.4 is 10.1 Å². The average molecular weight is 527 g/mol. The minimum atomic E-state index is -0.746. The van der Waals surface area contributed by atoms with Crippen LogP contribution in [0.4, 0.5) is 0 Å². The zero-order chi connectivity index (χ0) is 26.1. The van der Waals surface area contributed by atoms with Gasteiger partial charge in [-0.15, -0.1) is 0 Å². The first-order valence-corrected chi connectivity index (χ1v) is 12.8. The van der Waals surface area contributed by atoms with Gasteiger partial charge in [-0.1, -0.05) is 78.7 Å². The Labute approximate surface area is 223 Å². The molecule has 0 aliphatic carbocycles. The van der Waals surface area contributed by atoms with E-state index in [1.807, 2.05) is 75.4 Å². The van der Waals surface area contributed by atoms with Crippen molar-refractivity contribution < 1.29 is 14.3 Å². The molecular formula is C29H32Cl2N2O3. The van der Waals surface area contributed by atoms with Crippen molar-refractivity contribution in [1.29, 1.82) is 0 Å². The van der Waals surface area contributed by atoms with Crippen LogP contribution in [-0.2, 0) is 22.6 Å². The van der Waals surface area contributed by atoms with E-state index in [1.54, 1.807) is 23.1 Å². The largest absolute Gasteiger partial charge is 0.484 e. The maximum Gasteiger partial charge on any atom is 0.261 e.